The van der Waals surface area contributed by atoms with Gasteiger partial charge in [0.15, 0.2) is 5.16 Å². The molecule has 18 heavy (non-hydrogen) atoms. The second-order valence-electron chi connectivity index (χ2n) is 4.52. The third-order valence-corrected chi connectivity index (χ3v) is 3.82. The molecule has 0 saturated heterocycles. The van der Waals surface area contributed by atoms with Crippen molar-refractivity contribution in [2.45, 2.75) is 37.7 Å². The van der Waals surface area contributed by atoms with Gasteiger partial charge in [0.2, 0.25) is 5.95 Å². The Morgan fingerprint density at radius 3 is 2.67 bits per heavy atom. The van der Waals surface area contributed by atoms with Gasteiger partial charge in [-0.1, -0.05) is 36.0 Å². The summed E-state index contributed by atoms with van der Waals surface area (Å²) in [4.78, 5) is 0. The van der Waals surface area contributed by atoms with Gasteiger partial charge < -0.3 is 5.73 Å². The first-order valence-corrected chi connectivity index (χ1v) is 6.96. The van der Waals surface area contributed by atoms with Crippen molar-refractivity contribution in [2.24, 2.45) is 0 Å². The summed E-state index contributed by atoms with van der Waals surface area (Å²) in [5.41, 5.74) is 8.44. The fraction of sp³-hybridized carbons (Fsp3) is 0.385. The van der Waals surface area contributed by atoms with Crippen LogP contribution in [0.2, 0.25) is 0 Å². The van der Waals surface area contributed by atoms with Crippen LogP contribution in [0.1, 0.15) is 31.0 Å². The lowest BCUT2D eigenvalue weighted by Crippen LogP contribution is -2.07. The monoisotopic (exact) mass is 262 g/mol. The van der Waals surface area contributed by atoms with Crippen molar-refractivity contribution >= 4 is 17.7 Å². The Labute approximate surface area is 112 Å². The van der Waals surface area contributed by atoms with E-state index in [-0.39, 0.29) is 6.04 Å². The van der Waals surface area contributed by atoms with Gasteiger partial charge in [0.1, 0.15) is 0 Å². The van der Waals surface area contributed by atoms with Gasteiger partial charge in [-0.15, -0.1) is 10.2 Å². The molecule has 0 aliphatic carbocycles. The summed E-state index contributed by atoms with van der Waals surface area (Å²) < 4.78 is 1.96. The molecule has 5 heteroatoms. The first kappa shape index (κ1) is 13.0. The quantitative estimate of drug-likeness (QED) is 0.860. The highest BCUT2D eigenvalue weighted by Gasteiger charge is 2.13. The molecule has 0 aliphatic rings. The molecule has 0 radical (unpaired) electrons. The van der Waals surface area contributed by atoms with Crippen LogP contribution in [0.15, 0.2) is 29.4 Å². The van der Waals surface area contributed by atoms with Gasteiger partial charge in [0, 0.05) is 11.8 Å². The summed E-state index contributed by atoms with van der Waals surface area (Å²) in [5, 5.41) is 8.96. The Bertz CT molecular complexity index is 534. The summed E-state index contributed by atoms with van der Waals surface area (Å²) in [6.45, 7) is 6.28. The van der Waals surface area contributed by atoms with E-state index in [4.69, 9.17) is 5.73 Å². The molecule has 0 bridgehead atoms. The molecule has 2 aromatic rings. The van der Waals surface area contributed by atoms with Crippen LogP contribution in [0.5, 0.6) is 0 Å². The highest BCUT2D eigenvalue weighted by Crippen LogP contribution is 2.26. The Kier molecular flexibility index (Phi) is 3.91. The number of aryl methyl sites for hydroxylation is 1. The van der Waals surface area contributed by atoms with Gasteiger partial charge in [0.05, 0.1) is 0 Å². The molecule has 0 aliphatic heterocycles. The van der Waals surface area contributed by atoms with Crippen molar-refractivity contribution in [1.29, 1.82) is 0 Å². The van der Waals surface area contributed by atoms with Gasteiger partial charge >= 0.3 is 0 Å². The minimum Gasteiger partial charge on any atom is -0.368 e. The fourth-order valence-corrected chi connectivity index (χ4v) is 2.94. The number of hydrogen-bond donors (Lipinski definition) is 1. The van der Waals surface area contributed by atoms with E-state index in [2.05, 4.69) is 55.2 Å². The number of rotatable bonds is 4. The molecule has 1 heterocycles. The SMILES string of the molecule is Cc1ccccc1CSc1nnc(N)n1C(C)C. The molecular weight excluding hydrogens is 244 g/mol. The van der Waals surface area contributed by atoms with E-state index >= 15 is 0 Å². The van der Waals surface area contributed by atoms with E-state index in [0.29, 0.717) is 5.95 Å². The Hall–Kier alpha value is -1.49. The number of hydrogen-bond acceptors (Lipinski definition) is 4. The number of nitrogens with zero attached hydrogens (tertiary/aromatic N) is 3. The van der Waals surface area contributed by atoms with E-state index in [9.17, 15) is 0 Å². The van der Waals surface area contributed by atoms with E-state index in [0.717, 1.165) is 10.9 Å². The summed E-state index contributed by atoms with van der Waals surface area (Å²) in [7, 11) is 0. The second-order valence-corrected chi connectivity index (χ2v) is 5.46. The number of thioether (sulfide) groups is 1. The molecule has 0 fully saturated rings. The lowest BCUT2D eigenvalue weighted by molar-refractivity contribution is 0.557. The van der Waals surface area contributed by atoms with Crippen molar-refractivity contribution in [2.75, 3.05) is 5.73 Å². The molecule has 0 spiro atoms. The largest absolute Gasteiger partial charge is 0.368 e. The zero-order valence-corrected chi connectivity index (χ0v) is 11.7. The standard InChI is InChI=1S/C13H18N4S/c1-9(2)17-12(14)15-16-13(17)18-8-11-7-5-4-6-10(11)3/h4-7,9H,8H2,1-3H3,(H2,14,15). The highest BCUT2D eigenvalue weighted by molar-refractivity contribution is 7.98. The average molecular weight is 262 g/mol. The third-order valence-electron chi connectivity index (χ3n) is 2.83. The highest BCUT2D eigenvalue weighted by atomic mass is 32.2. The smallest absolute Gasteiger partial charge is 0.222 e. The molecule has 0 unspecified atom stereocenters. The lowest BCUT2D eigenvalue weighted by atomic mass is 10.1. The molecule has 96 valence electrons. The predicted octanol–water partition coefficient (Wildman–Crippen LogP) is 3.04. The van der Waals surface area contributed by atoms with Crippen LogP contribution in [0.25, 0.3) is 0 Å². The summed E-state index contributed by atoms with van der Waals surface area (Å²) >= 11 is 1.67. The first-order chi connectivity index (χ1) is 8.59. The van der Waals surface area contributed by atoms with Gasteiger partial charge in [-0.05, 0) is 31.9 Å². The molecule has 0 atom stereocenters. The maximum absolute atomic E-state index is 5.82. The molecule has 0 saturated carbocycles. The molecule has 2 rings (SSSR count). The molecule has 4 nitrogen and oxygen atoms in total. The van der Waals surface area contributed by atoms with Crippen molar-refractivity contribution in [1.82, 2.24) is 14.8 Å². The van der Waals surface area contributed by atoms with Gasteiger partial charge in [-0.2, -0.15) is 0 Å². The zero-order chi connectivity index (χ0) is 13.1. The lowest BCUT2D eigenvalue weighted by Gasteiger charge is -2.11. The Balaban J connectivity index is 2.14. The topological polar surface area (TPSA) is 56.7 Å². The van der Waals surface area contributed by atoms with Crippen LogP contribution in [-0.2, 0) is 5.75 Å². The molecule has 2 N–H and O–H groups in total. The number of anilines is 1. The Morgan fingerprint density at radius 2 is 2.00 bits per heavy atom. The summed E-state index contributed by atoms with van der Waals surface area (Å²) in [6, 6.07) is 8.65. The number of aromatic nitrogens is 3. The van der Waals surface area contributed by atoms with Gasteiger partial charge in [-0.25, -0.2) is 0 Å². The van der Waals surface area contributed by atoms with Crippen LogP contribution < -0.4 is 5.73 Å². The number of nitrogens with two attached hydrogens (primary N) is 1. The predicted molar refractivity (Wildman–Crippen MR) is 75.6 cm³/mol. The van der Waals surface area contributed by atoms with Crippen molar-refractivity contribution < 1.29 is 0 Å². The second kappa shape index (κ2) is 5.44. The van der Waals surface area contributed by atoms with Gasteiger partial charge in [-0.3, -0.25) is 4.57 Å². The van der Waals surface area contributed by atoms with Crippen molar-refractivity contribution in [3.05, 3.63) is 35.4 Å². The number of nitrogen functional groups attached to an aromatic ring is 1. The van der Waals surface area contributed by atoms with E-state index in [1.165, 1.54) is 11.1 Å². The van der Waals surface area contributed by atoms with Crippen LogP contribution in [0.3, 0.4) is 0 Å². The molecule has 1 aromatic carbocycles. The van der Waals surface area contributed by atoms with Crippen LogP contribution in [0, 0.1) is 6.92 Å². The van der Waals surface area contributed by atoms with Crippen molar-refractivity contribution in [3.8, 4) is 0 Å². The normalized spacial score (nSPS) is 11.1. The van der Waals surface area contributed by atoms with E-state index in [1.807, 2.05) is 4.57 Å². The Morgan fingerprint density at radius 1 is 1.28 bits per heavy atom. The minimum absolute atomic E-state index is 0.277. The molecular formula is C13H18N4S. The van der Waals surface area contributed by atoms with Gasteiger partial charge in [0.25, 0.3) is 0 Å². The minimum atomic E-state index is 0.277. The summed E-state index contributed by atoms with van der Waals surface area (Å²) in [6.07, 6.45) is 0. The van der Waals surface area contributed by atoms with E-state index < -0.39 is 0 Å². The first-order valence-electron chi connectivity index (χ1n) is 5.97. The van der Waals surface area contributed by atoms with Crippen LogP contribution in [-0.4, -0.2) is 14.8 Å². The average Bonchev–Trinajstić information content (AvgIpc) is 2.69. The zero-order valence-electron chi connectivity index (χ0n) is 10.9. The van der Waals surface area contributed by atoms with Crippen molar-refractivity contribution in [3.63, 3.8) is 0 Å². The maximum Gasteiger partial charge on any atom is 0.222 e. The fourth-order valence-electron chi connectivity index (χ4n) is 1.79. The molecule has 1 aromatic heterocycles. The number of benzene rings is 1. The van der Waals surface area contributed by atoms with E-state index in [1.54, 1.807) is 11.8 Å². The summed E-state index contributed by atoms with van der Waals surface area (Å²) in [5.74, 6) is 1.37. The van der Waals surface area contributed by atoms with Crippen LogP contribution >= 0.6 is 11.8 Å². The molecule has 0 amide bonds. The van der Waals surface area contributed by atoms with Crippen LogP contribution in [0.4, 0.5) is 5.95 Å². The third kappa shape index (κ3) is 2.67. The maximum atomic E-state index is 5.82.